The lowest BCUT2D eigenvalue weighted by atomic mass is 9.95. The lowest BCUT2D eigenvalue weighted by Crippen LogP contribution is -2.44. The van der Waals surface area contributed by atoms with E-state index in [1.807, 2.05) is 37.3 Å². The Kier molecular flexibility index (Phi) is 6.72. The molecule has 1 atom stereocenters. The monoisotopic (exact) mass is 485 g/mol. The topological polar surface area (TPSA) is 68.2 Å². The van der Waals surface area contributed by atoms with Gasteiger partial charge in [-0.05, 0) is 76.9 Å². The van der Waals surface area contributed by atoms with E-state index in [0.717, 1.165) is 54.6 Å². The number of benzene rings is 1. The summed E-state index contributed by atoms with van der Waals surface area (Å²) < 4.78 is 9.80. The molecule has 0 aliphatic carbocycles. The number of nitrogens with zero attached hydrogens (tertiary/aromatic N) is 4. The molecule has 188 valence electrons. The quantitative estimate of drug-likeness (QED) is 0.393. The standard InChI is InChI=1S/C29H35N5O2/c1-20(19-26-11-8-18-36-26)30-28(35)24-14-16-32(17-15-24)29-27(33-21(2)12-13-22(33)3)23(4)31-34(29)25-9-6-5-7-10-25/h5-13,18,20,24H,14-17,19H2,1-4H3,(H,30,35)/t20-/m0/s1. The number of hydrogen-bond donors (Lipinski definition) is 1. The zero-order valence-electron chi connectivity index (χ0n) is 21.6. The van der Waals surface area contributed by atoms with E-state index in [2.05, 4.69) is 64.5 Å². The maximum absolute atomic E-state index is 13.0. The number of carbonyl (C=O) groups is 1. The average molecular weight is 486 g/mol. The second-order valence-electron chi connectivity index (χ2n) is 9.91. The van der Waals surface area contributed by atoms with Crippen LogP contribution in [0.3, 0.4) is 0 Å². The van der Waals surface area contributed by atoms with Crippen molar-refractivity contribution in [3.05, 3.63) is 83.7 Å². The molecular formula is C29H35N5O2. The lowest BCUT2D eigenvalue weighted by Gasteiger charge is -2.34. The molecule has 0 radical (unpaired) electrons. The van der Waals surface area contributed by atoms with E-state index >= 15 is 0 Å². The SMILES string of the molecule is Cc1nn(-c2ccccc2)c(N2CCC(C(=O)N[C@@H](C)Cc3ccco3)CC2)c1-n1c(C)ccc1C. The average Bonchev–Trinajstić information content (AvgIpc) is 3.59. The first kappa shape index (κ1) is 24.0. The van der Waals surface area contributed by atoms with Crippen molar-refractivity contribution in [1.29, 1.82) is 0 Å². The summed E-state index contributed by atoms with van der Waals surface area (Å²) in [6, 6.07) is 18.5. The Balaban J connectivity index is 1.38. The largest absolute Gasteiger partial charge is 0.469 e. The van der Waals surface area contributed by atoms with Gasteiger partial charge >= 0.3 is 0 Å². The molecule has 1 aliphatic rings. The van der Waals surface area contributed by atoms with Crippen molar-refractivity contribution in [1.82, 2.24) is 19.7 Å². The summed E-state index contributed by atoms with van der Waals surface area (Å²) in [5.41, 5.74) is 5.51. The van der Waals surface area contributed by atoms with Gasteiger partial charge in [-0.25, -0.2) is 4.68 Å². The summed E-state index contributed by atoms with van der Waals surface area (Å²) in [6.45, 7) is 9.99. The van der Waals surface area contributed by atoms with E-state index in [1.54, 1.807) is 6.26 Å². The highest BCUT2D eigenvalue weighted by Crippen LogP contribution is 2.35. The second kappa shape index (κ2) is 10.1. The molecule has 0 bridgehead atoms. The fourth-order valence-corrected chi connectivity index (χ4v) is 5.32. The van der Waals surface area contributed by atoms with E-state index in [0.29, 0.717) is 6.42 Å². The fourth-order valence-electron chi connectivity index (χ4n) is 5.32. The molecule has 0 spiro atoms. The van der Waals surface area contributed by atoms with Crippen molar-refractivity contribution in [2.75, 3.05) is 18.0 Å². The highest BCUT2D eigenvalue weighted by molar-refractivity contribution is 5.79. The van der Waals surface area contributed by atoms with Gasteiger partial charge in [0, 0.05) is 42.9 Å². The van der Waals surface area contributed by atoms with Gasteiger partial charge < -0.3 is 19.2 Å². The van der Waals surface area contributed by atoms with Crippen LogP contribution in [0.25, 0.3) is 11.4 Å². The van der Waals surface area contributed by atoms with Gasteiger partial charge in [-0.3, -0.25) is 4.79 Å². The maximum Gasteiger partial charge on any atom is 0.223 e. The summed E-state index contributed by atoms with van der Waals surface area (Å²) in [4.78, 5) is 15.4. The minimum absolute atomic E-state index is 0.00740. The molecule has 1 saturated heterocycles. The third-order valence-electron chi connectivity index (χ3n) is 7.14. The molecule has 7 nitrogen and oxygen atoms in total. The fraction of sp³-hybridized carbons (Fsp3) is 0.379. The molecule has 4 heterocycles. The van der Waals surface area contributed by atoms with Crippen molar-refractivity contribution >= 4 is 11.7 Å². The first-order valence-corrected chi connectivity index (χ1v) is 12.8. The minimum atomic E-state index is 0.00740. The number of anilines is 1. The van der Waals surface area contributed by atoms with E-state index in [4.69, 9.17) is 9.52 Å². The van der Waals surface area contributed by atoms with Crippen LogP contribution in [0.2, 0.25) is 0 Å². The zero-order chi connectivity index (χ0) is 25.2. The Labute approximate surface area is 212 Å². The Morgan fingerprint density at radius 1 is 1.03 bits per heavy atom. The lowest BCUT2D eigenvalue weighted by molar-refractivity contribution is -0.126. The highest BCUT2D eigenvalue weighted by atomic mass is 16.3. The number of aromatic nitrogens is 3. The van der Waals surface area contributed by atoms with Crippen LogP contribution in [-0.4, -0.2) is 39.4 Å². The number of furan rings is 1. The number of amides is 1. The van der Waals surface area contributed by atoms with Gasteiger partial charge in [-0.2, -0.15) is 5.10 Å². The summed E-state index contributed by atoms with van der Waals surface area (Å²) in [5.74, 6) is 2.13. The van der Waals surface area contributed by atoms with Crippen molar-refractivity contribution in [3.63, 3.8) is 0 Å². The number of para-hydroxylation sites is 1. The molecule has 1 fully saturated rings. The van der Waals surface area contributed by atoms with Crippen molar-refractivity contribution in [2.24, 2.45) is 5.92 Å². The number of piperidine rings is 1. The van der Waals surface area contributed by atoms with Crippen molar-refractivity contribution in [3.8, 4) is 11.4 Å². The number of aryl methyl sites for hydroxylation is 3. The van der Waals surface area contributed by atoms with Crippen LogP contribution in [0, 0.1) is 26.7 Å². The Bertz CT molecular complexity index is 1290. The van der Waals surface area contributed by atoms with E-state index in [9.17, 15) is 4.79 Å². The normalized spacial score (nSPS) is 15.3. The van der Waals surface area contributed by atoms with Crippen LogP contribution in [-0.2, 0) is 11.2 Å². The van der Waals surface area contributed by atoms with E-state index < -0.39 is 0 Å². The van der Waals surface area contributed by atoms with Crippen LogP contribution in [0.15, 0.2) is 65.3 Å². The molecule has 4 aromatic rings. The third-order valence-corrected chi connectivity index (χ3v) is 7.14. The van der Waals surface area contributed by atoms with Gasteiger partial charge in [0.25, 0.3) is 0 Å². The predicted octanol–water partition coefficient (Wildman–Crippen LogP) is 5.15. The summed E-state index contributed by atoms with van der Waals surface area (Å²) in [5, 5.41) is 8.18. The molecular weight excluding hydrogens is 450 g/mol. The summed E-state index contributed by atoms with van der Waals surface area (Å²) >= 11 is 0. The molecule has 5 rings (SSSR count). The smallest absolute Gasteiger partial charge is 0.223 e. The molecule has 7 heteroatoms. The van der Waals surface area contributed by atoms with Crippen molar-refractivity contribution < 1.29 is 9.21 Å². The van der Waals surface area contributed by atoms with Gasteiger partial charge in [0.2, 0.25) is 5.91 Å². The molecule has 36 heavy (non-hydrogen) atoms. The van der Waals surface area contributed by atoms with E-state index in [1.165, 1.54) is 11.4 Å². The first-order valence-electron chi connectivity index (χ1n) is 12.8. The number of carbonyl (C=O) groups excluding carboxylic acids is 1. The van der Waals surface area contributed by atoms with Crippen LogP contribution < -0.4 is 10.2 Å². The van der Waals surface area contributed by atoms with Gasteiger partial charge in [-0.1, -0.05) is 18.2 Å². The number of hydrogen-bond acceptors (Lipinski definition) is 4. The van der Waals surface area contributed by atoms with Gasteiger partial charge in [0.05, 0.1) is 17.6 Å². The van der Waals surface area contributed by atoms with Crippen LogP contribution >= 0.6 is 0 Å². The third kappa shape index (κ3) is 4.70. The number of nitrogens with one attached hydrogen (secondary N) is 1. The van der Waals surface area contributed by atoms with Crippen LogP contribution in [0.1, 0.15) is 42.6 Å². The molecule has 0 unspecified atom stereocenters. The molecule has 0 saturated carbocycles. The second-order valence-corrected chi connectivity index (χ2v) is 9.91. The van der Waals surface area contributed by atoms with Crippen LogP contribution in [0.5, 0.6) is 0 Å². The zero-order valence-corrected chi connectivity index (χ0v) is 21.6. The highest BCUT2D eigenvalue weighted by Gasteiger charge is 2.31. The molecule has 3 aromatic heterocycles. The Morgan fingerprint density at radius 3 is 2.36 bits per heavy atom. The Hall–Kier alpha value is -3.74. The van der Waals surface area contributed by atoms with Crippen LogP contribution in [0.4, 0.5) is 5.82 Å². The Morgan fingerprint density at radius 2 is 1.72 bits per heavy atom. The molecule has 1 aliphatic heterocycles. The minimum Gasteiger partial charge on any atom is -0.469 e. The number of rotatable bonds is 7. The molecule has 1 amide bonds. The van der Waals surface area contributed by atoms with Crippen molar-refractivity contribution in [2.45, 2.75) is 53.0 Å². The first-order chi connectivity index (χ1) is 17.4. The summed E-state index contributed by atoms with van der Waals surface area (Å²) in [7, 11) is 0. The van der Waals surface area contributed by atoms with Gasteiger partial charge in [-0.15, -0.1) is 0 Å². The molecule has 1 aromatic carbocycles. The maximum atomic E-state index is 13.0. The predicted molar refractivity (Wildman–Crippen MR) is 142 cm³/mol. The van der Waals surface area contributed by atoms with Gasteiger partial charge in [0.1, 0.15) is 11.4 Å². The summed E-state index contributed by atoms with van der Waals surface area (Å²) in [6.07, 6.45) is 3.99. The van der Waals surface area contributed by atoms with Gasteiger partial charge in [0.15, 0.2) is 5.82 Å². The van der Waals surface area contributed by atoms with E-state index in [-0.39, 0.29) is 17.9 Å². The molecule has 1 N–H and O–H groups in total.